The van der Waals surface area contributed by atoms with Gasteiger partial charge < -0.3 is 10.1 Å². The second kappa shape index (κ2) is 6.85. The number of aryl methyl sites for hydroxylation is 1. The van der Waals surface area contributed by atoms with E-state index in [0.717, 1.165) is 32.2 Å². The number of anilines is 1. The van der Waals surface area contributed by atoms with E-state index in [4.69, 9.17) is 4.74 Å². The molecule has 0 unspecified atom stereocenters. The number of amides is 1. The number of rotatable bonds is 5. The van der Waals surface area contributed by atoms with Crippen LogP contribution < -0.4 is 5.32 Å². The van der Waals surface area contributed by atoms with Crippen LogP contribution in [0.5, 0.6) is 0 Å². The van der Waals surface area contributed by atoms with Crippen LogP contribution in [0.25, 0.3) is 20.9 Å². The fraction of sp³-hybridized carbons (Fsp3) is 0.235. The van der Waals surface area contributed by atoms with Crippen molar-refractivity contribution < 1.29 is 9.53 Å². The molecule has 0 aliphatic carbocycles. The molecule has 6 heteroatoms. The minimum Gasteiger partial charge on any atom is -0.372 e. The highest BCUT2D eigenvalue weighted by atomic mass is 32.1. The van der Waals surface area contributed by atoms with Gasteiger partial charge in [0.2, 0.25) is 5.91 Å². The van der Waals surface area contributed by atoms with Crippen LogP contribution in [-0.4, -0.2) is 29.1 Å². The Labute approximate surface area is 138 Å². The van der Waals surface area contributed by atoms with Crippen LogP contribution >= 0.6 is 11.3 Å². The van der Waals surface area contributed by atoms with E-state index in [1.165, 1.54) is 11.3 Å². The molecule has 118 valence electrons. The molecule has 0 aliphatic heterocycles. The van der Waals surface area contributed by atoms with Crippen LogP contribution in [0.15, 0.2) is 36.5 Å². The van der Waals surface area contributed by atoms with Gasteiger partial charge in [-0.25, -0.2) is 9.97 Å². The first-order chi connectivity index (χ1) is 11.2. The van der Waals surface area contributed by atoms with Gasteiger partial charge in [-0.05, 0) is 37.6 Å². The van der Waals surface area contributed by atoms with Gasteiger partial charge in [-0.15, -0.1) is 0 Å². The van der Waals surface area contributed by atoms with Crippen LogP contribution in [0.1, 0.15) is 12.5 Å². The lowest BCUT2D eigenvalue weighted by Gasteiger charge is -2.09. The molecule has 0 spiro atoms. The maximum absolute atomic E-state index is 11.9. The molecule has 2 heterocycles. The van der Waals surface area contributed by atoms with Gasteiger partial charge in [0.15, 0.2) is 0 Å². The Bertz CT molecular complexity index is 812. The summed E-state index contributed by atoms with van der Waals surface area (Å²) in [7, 11) is 0. The summed E-state index contributed by atoms with van der Waals surface area (Å²) < 4.78 is 5.13. The Morgan fingerprint density at radius 3 is 3.00 bits per heavy atom. The van der Waals surface area contributed by atoms with E-state index < -0.39 is 0 Å². The molecule has 0 atom stereocenters. The normalized spacial score (nSPS) is 10.9. The van der Waals surface area contributed by atoms with Crippen molar-refractivity contribution >= 4 is 33.3 Å². The molecule has 1 amide bonds. The molecule has 2 aromatic heterocycles. The zero-order valence-electron chi connectivity index (χ0n) is 13.0. The molecule has 0 saturated carbocycles. The maximum atomic E-state index is 11.9. The second-order valence-electron chi connectivity index (χ2n) is 5.06. The summed E-state index contributed by atoms with van der Waals surface area (Å²) in [4.78, 5) is 21.7. The molecule has 0 aliphatic rings. The van der Waals surface area contributed by atoms with Gasteiger partial charge in [-0.3, -0.25) is 4.79 Å². The fourth-order valence-electron chi connectivity index (χ4n) is 2.16. The Kier molecular flexibility index (Phi) is 4.64. The summed E-state index contributed by atoms with van der Waals surface area (Å²) in [5.74, 6) is -0.155. The number of fused-ring (bicyclic) bond motifs is 1. The zero-order valence-corrected chi connectivity index (χ0v) is 13.8. The summed E-state index contributed by atoms with van der Waals surface area (Å²) in [6.07, 6.45) is 1.76. The lowest BCUT2D eigenvalue weighted by molar-refractivity contribution is -0.120. The van der Waals surface area contributed by atoms with Crippen LogP contribution in [0.2, 0.25) is 0 Å². The van der Waals surface area contributed by atoms with Gasteiger partial charge in [0.25, 0.3) is 0 Å². The van der Waals surface area contributed by atoms with Crippen LogP contribution in [-0.2, 0) is 9.53 Å². The predicted molar refractivity (Wildman–Crippen MR) is 92.7 cm³/mol. The average molecular weight is 327 g/mol. The van der Waals surface area contributed by atoms with E-state index >= 15 is 0 Å². The number of carbonyl (C=O) groups is 1. The van der Waals surface area contributed by atoms with E-state index in [0.29, 0.717) is 6.61 Å². The molecule has 0 radical (unpaired) electrons. The number of benzene rings is 1. The summed E-state index contributed by atoms with van der Waals surface area (Å²) in [5.41, 5.74) is 3.62. The minimum absolute atomic E-state index is 0.0607. The largest absolute Gasteiger partial charge is 0.372 e. The number of aromatic nitrogens is 2. The predicted octanol–water partition coefficient (Wildman–Crippen LogP) is 3.64. The highest BCUT2D eigenvalue weighted by Crippen LogP contribution is 2.31. The molecule has 3 aromatic rings. The maximum Gasteiger partial charge on any atom is 0.250 e. The number of nitrogens with one attached hydrogen (secondary N) is 1. The summed E-state index contributed by atoms with van der Waals surface area (Å²) in [6, 6.07) is 9.74. The van der Waals surface area contributed by atoms with Crippen LogP contribution in [0.3, 0.4) is 0 Å². The second-order valence-corrected chi connectivity index (χ2v) is 6.04. The third-order valence-corrected chi connectivity index (χ3v) is 4.39. The van der Waals surface area contributed by atoms with Gasteiger partial charge in [0, 0.05) is 24.1 Å². The summed E-state index contributed by atoms with van der Waals surface area (Å²) >= 11 is 1.54. The number of hydrogen-bond donors (Lipinski definition) is 1. The molecular formula is C17H17N3O2S. The van der Waals surface area contributed by atoms with Gasteiger partial charge in [0.05, 0.1) is 0 Å². The zero-order chi connectivity index (χ0) is 16.2. The van der Waals surface area contributed by atoms with E-state index in [9.17, 15) is 4.79 Å². The fourth-order valence-corrected chi connectivity index (χ4v) is 3.07. The summed E-state index contributed by atoms with van der Waals surface area (Å²) in [6.45, 7) is 4.40. The lowest BCUT2D eigenvalue weighted by Crippen LogP contribution is -2.18. The van der Waals surface area contributed by atoms with E-state index in [2.05, 4.69) is 15.3 Å². The molecular weight excluding hydrogens is 310 g/mol. The lowest BCUT2D eigenvalue weighted by atomic mass is 10.1. The standard InChI is InChI=1S/C17H17N3O2S/c1-3-22-10-15(21)19-14-9-12(7-6-11(14)2)16-20-13-5-4-8-18-17(13)23-16/h4-9H,3,10H2,1-2H3,(H,19,21). The van der Waals surface area contributed by atoms with Crippen LogP contribution in [0.4, 0.5) is 5.69 Å². The Hall–Kier alpha value is -2.31. The highest BCUT2D eigenvalue weighted by Gasteiger charge is 2.10. The van der Waals surface area contributed by atoms with Crippen molar-refractivity contribution in [3.05, 3.63) is 42.1 Å². The monoisotopic (exact) mass is 327 g/mol. The Balaban J connectivity index is 1.88. The van der Waals surface area contributed by atoms with Gasteiger partial charge >= 0.3 is 0 Å². The molecule has 5 nitrogen and oxygen atoms in total. The molecule has 3 rings (SSSR count). The summed E-state index contributed by atoms with van der Waals surface area (Å²) in [5, 5.41) is 3.77. The third kappa shape index (κ3) is 3.55. The minimum atomic E-state index is -0.155. The SMILES string of the molecule is CCOCC(=O)Nc1cc(-c2nc3cccnc3s2)ccc1C. The number of ether oxygens (including phenoxy) is 1. The molecule has 1 aromatic carbocycles. The first-order valence-corrected chi connectivity index (χ1v) is 8.19. The van der Waals surface area contributed by atoms with Crippen molar-refractivity contribution in [1.29, 1.82) is 0 Å². The number of carbonyl (C=O) groups excluding carboxylic acids is 1. The van der Waals surface area contributed by atoms with Crippen molar-refractivity contribution in [3.8, 4) is 10.6 Å². The van der Waals surface area contributed by atoms with Crippen molar-refractivity contribution in [2.45, 2.75) is 13.8 Å². The first kappa shape index (κ1) is 15.6. The molecule has 0 fully saturated rings. The number of nitrogens with zero attached hydrogens (tertiary/aromatic N) is 2. The van der Waals surface area contributed by atoms with E-state index in [-0.39, 0.29) is 12.5 Å². The molecule has 0 bridgehead atoms. The quantitative estimate of drug-likeness (QED) is 0.777. The topological polar surface area (TPSA) is 64.1 Å². The molecule has 23 heavy (non-hydrogen) atoms. The highest BCUT2D eigenvalue weighted by molar-refractivity contribution is 7.21. The average Bonchev–Trinajstić information content (AvgIpc) is 2.99. The van der Waals surface area contributed by atoms with Crippen LogP contribution in [0, 0.1) is 6.92 Å². The van der Waals surface area contributed by atoms with Crippen molar-refractivity contribution in [2.75, 3.05) is 18.5 Å². The smallest absolute Gasteiger partial charge is 0.250 e. The van der Waals surface area contributed by atoms with E-state index in [1.807, 2.05) is 44.2 Å². The van der Waals surface area contributed by atoms with E-state index in [1.54, 1.807) is 6.20 Å². The van der Waals surface area contributed by atoms with Gasteiger partial charge in [-0.2, -0.15) is 0 Å². The van der Waals surface area contributed by atoms with Crippen molar-refractivity contribution in [3.63, 3.8) is 0 Å². The number of pyridine rings is 1. The number of thiazole rings is 1. The third-order valence-electron chi connectivity index (χ3n) is 3.36. The Morgan fingerprint density at radius 1 is 1.35 bits per heavy atom. The Morgan fingerprint density at radius 2 is 2.22 bits per heavy atom. The van der Waals surface area contributed by atoms with Gasteiger partial charge in [0.1, 0.15) is 22.0 Å². The van der Waals surface area contributed by atoms with Crippen molar-refractivity contribution in [1.82, 2.24) is 9.97 Å². The number of hydrogen-bond acceptors (Lipinski definition) is 5. The van der Waals surface area contributed by atoms with Gasteiger partial charge in [-0.1, -0.05) is 23.5 Å². The van der Waals surface area contributed by atoms with Crippen molar-refractivity contribution in [2.24, 2.45) is 0 Å². The first-order valence-electron chi connectivity index (χ1n) is 7.37. The molecule has 0 saturated heterocycles. The molecule has 1 N–H and O–H groups in total.